The van der Waals surface area contributed by atoms with Crippen LogP contribution < -0.4 is 9.46 Å². The van der Waals surface area contributed by atoms with Gasteiger partial charge in [-0.25, -0.2) is 13.1 Å². The van der Waals surface area contributed by atoms with Crippen molar-refractivity contribution in [3.05, 3.63) is 28.3 Å². The maximum absolute atomic E-state index is 12.0. The minimum absolute atomic E-state index is 0.0170. The molecule has 0 radical (unpaired) electrons. The van der Waals surface area contributed by atoms with E-state index >= 15 is 0 Å². The Morgan fingerprint density at radius 3 is 2.60 bits per heavy atom. The van der Waals surface area contributed by atoms with Crippen molar-refractivity contribution in [1.82, 2.24) is 4.72 Å². The zero-order chi connectivity index (χ0) is 15.3. The molecule has 20 heavy (non-hydrogen) atoms. The van der Waals surface area contributed by atoms with E-state index in [2.05, 4.69) is 0 Å². The van der Waals surface area contributed by atoms with Crippen molar-refractivity contribution < 1.29 is 22.9 Å². The number of nitro groups is 1. The Bertz CT molecular complexity index is 626. The summed E-state index contributed by atoms with van der Waals surface area (Å²) >= 11 is 0. The van der Waals surface area contributed by atoms with Crippen LogP contribution in [0.5, 0.6) is 5.75 Å². The number of nitrogens with zero attached hydrogens (tertiary/aromatic N) is 1. The van der Waals surface area contributed by atoms with Gasteiger partial charge in [-0.1, -0.05) is 6.92 Å². The zero-order valence-corrected chi connectivity index (χ0v) is 11.8. The lowest BCUT2D eigenvalue weighted by molar-refractivity contribution is -0.387. The third-order valence-corrected chi connectivity index (χ3v) is 3.80. The Labute approximate surface area is 115 Å². The number of benzene rings is 1. The SMILES string of the molecule is CCCC(=O)NS(=O)(=O)c1ccc(OC)cc1[N+](=O)[O-]. The summed E-state index contributed by atoms with van der Waals surface area (Å²) in [5.41, 5.74) is -0.652. The lowest BCUT2D eigenvalue weighted by Crippen LogP contribution is -2.30. The molecule has 0 fully saturated rings. The van der Waals surface area contributed by atoms with Gasteiger partial charge in [-0.3, -0.25) is 14.9 Å². The number of rotatable bonds is 6. The summed E-state index contributed by atoms with van der Waals surface area (Å²) < 4.78 is 30.5. The van der Waals surface area contributed by atoms with Gasteiger partial charge in [-0.15, -0.1) is 0 Å². The number of hydrogen-bond donors (Lipinski definition) is 1. The molecule has 110 valence electrons. The first-order valence-electron chi connectivity index (χ1n) is 5.70. The highest BCUT2D eigenvalue weighted by Crippen LogP contribution is 2.28. The van der Waals surface area contributed by atoms with E-state index in [0.717, 1.165) is 12.1 Å². The van der Waals surface area contributed by atoms with Crippen LogP contribution >= 0.6 is 0 Å². The second kappa shape index (κ2) is 6.33. The van der Waals surface area contributed by atoms with E-state index in [9.17, 15) is 23.3 Å². The molecule has 0 aromatic heterocycles. The molecule has 0 aliphatic rings. The monoisotopic (exact) mass is 302 g/mol. The lowest BCUT2D eigenvalue weighted by atomic mass is 10.3. The van der Waals surface area contributed by atoms with Gasteiger partial charge in [0.15, 0.2) is 4.90 Å². The van der Waals surface area contributed by atoms with Gasteiger partial charge < -0.3 is 4.74 Å². The standard InChI is InChI=1S/C11H14N2O6S/c1-3-4-11(14)12-20(17,18)10-6-5-8(19-2)7-9(10)13(15)16/h5-7H,3-4H2,1-2H3,(H,12,14). The molecule has 1 aromatic rings. The van der Waals surface area contributed by atoms with Crippen LogP contribution in [0, 0.1) is 10.1 Å². The number of ether oxygens (including phenoxy) is 1. The van der Waals surface area contributed by atoms with Crippen molar-refractivity contribution in [2.75, 3.05) is 7.11 Å². The molecule has 1 amide bonds. The van der Waals surface area contributed by atoms with Gasteiger partial charge in [-0.05, 0) is 18.6 Å². The first kappa shape index (κ1) is 15.9. The van der Waals surface area contributed by atoms with Crippen LogP contribution in [0.3, 0.4) is 0 Å². The van der Waals surface area contributed by atoms with Crippen LogP contribution in [-0.2, 0) is 14.8 Å². The highest BCUT2D eigenvalue weighted by Gasteiger charge is 2.27. The first-order valence-corrected chi connectivity index (χ1v) is 7.18. The van der Waals surface area contributed by atoms with Crippen LogP contribution in [0.25, 0.3) is 0 Å². The molecule has 0 spiro atoms. The predicted octanol–water partition coefficient (Wildman–Crippen LogP) is 1.21. The number of methoxy groups -OCH3 is 1. The minimum atomic E-state index is -4.28. The molecule has 1 aromatic carbocycles. The predicted molar refractivity (Wildman–Crippen MR) is 69.9 cm³/mol. The molecular weight excluding hydrogens is 288 g/mol. The molecule has 0 unspecified atom stereocenters. The second-order valence-electron chi connectivity index (χ2n) is 3.87. The van der Waals surface area contributed by atoms with E-state index < -0.39 is 31.4 Å². The molecule has 0 atom stereocenters. The largest absolute Gasteiger partial charge is 0.497 e. The summed E-state index contributed by atoms with van der Waals surface area (Å²) in [6, 6.07) is 3.28. The maximum Gasteiger partial charge on any atom is 0.293 e. The van der Waals surface area contributed by atoms with E-state index in [0.29, 0.717) is 6.42 Å². The number of carbonyl (C=O) groups is 1. The van der Waals surface area contributed by atoms with Crippen molar-refractivity contribution in [3.8, 4) is 5.75 Å². The van der Waals surface area contributed by atoms with E-state index in [-0.39, 0.29) is 12.2 Å². The van der Waals surface area contributed by atoms with E-state index in [1.165, 1.54) is 13.2 Å². The van der Waals surface area contributed by atoms with Gasteiger partial charge >= 0.3 is 0 Å². The molecule has 0 saturated heterocycles. The lowest BCUT2D eigenvalue weighted by Gasteiger charge is -2.08. The topological polar surface area (TPSA) is 116 Å². The molecule has 1 rings (SSSR count). The summed E-state index contributed by atoms with van der Waals surface area (Å²) in [6.45, 7) is 1.71. The fourth-order valence-electron chi connectivity index (χ4n) is 1.48. The minimum Gasteiger partial charge on any atom is -0.497 e. The fraction of sp³-hybridized carbons (Fsp3) is 0.364. The number of nitro benzene ring substituents is 1. The van der Waals surface area contributed by atoms with Gasteiger partial charge in [0.2, 0.25) is 5.91 Å². The molecule has 0 bridgehead atoms. The number of hydrogen-bond acceptors (Lipinski definition) is 6. The van der Waals surface area contributed by atoms with Crippen LogP contribution in [0.4, 0.5) is 5.69 Å². The van der Waals surface area contributed by atoms with Crippen LogP contribution in [0.2, 0.25) is 0 Å². The van der Waals surface area contributed by atoms with Gasteiger partial charge in [0.1, 0.15) is 5.75 Å². The molecule has 8 nitrogen and oxygen atoms in total. The summed E-state index contributed by atoms with van der Waals surface area (Å²) in [5, 5.41) is 10.9. The molecule has 0 heterocycles. The number of carbonyl (C=O) groups excluding carboxylic acids is 1. The summed E-state index contributed by atoms with van der Waals surface area (Å²) in [6.07, 6.45) is 0.481. The van der Waals surface area contributed by atoms with Crippen LogP contribution in [0.1, 0.15) is 19.8 Å². The van der Waals surface area contributed by atoms with E-state index in [1.807, 2.05) is 0 Å². The number of amides is 1. The maximum atomic E-state index is 12.0. The van der Waals surface area contributed by atoms with Crippen molar-refractivity contribution in [1.29, 1.82) is 0 Å². The summed E-state index contributed by atoms with van der Waals surface area (Å²) in [7, 11) is -2.98. The van der Waals surface area contributed by atoms with Crippen molar-refractivity contribution in [2.24, 2.45) is 0 Å². The fourth-order valence-corrected chi connectivity index (χ4v) is 2.64. The number of sulfonamides is 1. The zero-order valence-electron chi connectivity index (χ0n) is 11.0. The van der Waals surface area contributed by atoms with Gasteiger partial charge in [0, 0.05) is 6.42 Å². The quantitative estimate of drug-likeness (QED) is 0.623. The molecule has 9 heteroatoms. The Hall–Kier alpha value is -2.16. The second-order valence-corrected chi connectivity index (χ2v) is 5.52. The molecular formula is C11H14N2O6S. The van der Waals surface area contributed by atoms with Gasteiger partial charge in [-0.2, -0.15) is 0 Å². The highest BCUT2D eigenvalue weighted by atomic mass is 32.2. The molecule has 0 saturated carbocycles. The molecule has 1 N–H and O–H groups in total. The third kappa shape index (κ3) is 3.67. The first-order chi connectivity index (χ1) is 9.31. The van der Waals surface area contributed by atoms with Crippen molar-refractivity contribution in [3.63, 3.8) is 0 Å². The van der Waals surface area contributed by atoms with Gasteiger partial charge in [0.05, 0.1) is 18.1 Å². The molecule has 0 aliphatic carbocycles. The Morgan fingerprint density at radius 2 is 2.10 bits per heavy atom. The summed E-state index contributed by atoms with van der Waals surface area (Å²) in [4.78, 5) is 20.9. The highest BCUT2D eigenvalue weighted by molar-refractivity contribution is 7.90. The Kier molecular flexibility index (Phi) is 5.03. The average molecular weight is 302 g/mol. The van der Waals surface area contributed by atoms with Crippen LogP contribution in [0.15, 0.2) is 23.1 Å². The van der Waals surface area contributed by atoms with Crippen molar-refractivity contribution >= 4 is 21.6 Å². The Balaban J connectivity index is 3.24. The van der Waals surface area contributed by atoms with Gasteiger partial charge in [0.25, 0.3) is 15.7 Å². The van der Waals surface area contributed by atoms with E-state index in [4.69, 9.17) is 4.74 Å². The number of nitrogens with one attached hydrogen (secondary N) is 1. The normalized spacial score (nSPS) is 10.9. The average Bonchev–Trinajstić information content (AvgIpc) is 2.37. The smallest absolute Gasteiger partial charge is 0.293 e. The third-order valence-electron chi connectivity index (χ3n) is 2.38. The van der Waals surface area contributed by atoms with Crippen LogP contribution in [-0.4, -0.2) is 26.4 Å². The molecule has 0 aliphatic heterocycles. The summed E-state index contributed by atoms with van der Waals surface area (Å²) in [5.74, 6) is -0.562. The van der Waals surface area contributed by atoms with E-state index in [1.54, 1.807) is 11.6 Å². The van der Waals surface area contributed by atoms with Crippen molar-refractivity contribution in [2.45, 2.75) is 24.7 Å². The Morgan fingerprint density at radius 1 is 1.45 bits per heavy atom.